The Hall–Kier alpha value is -2.91. The number of hydrogen-bond donors (Lipinski definition) is 1. The van der Waals surface area contributed by atoms with Crippen LogP contribution in [-0.2, 0) is 19.6 Å². The first-order valence-corrected chi connectivity index (χ1v) is 12.3. The summed E-state index contributed by atoms with van der Waals surface area (Å²) in [6.07, 6.45) is 1.05. The lowest BCUT2D eigenvalue weighted by molar-refractivity contribution is -0.114. The van der Waals surface area contributed by atoms with Crippen LogP contribution in [0.4, 0.5) is 11.4 Å². The summed E-state index contributed by atoms with van der Waals surface area (Å²) in [6.45, 7) is 5.83. The minimum Gasteiger partial charge on any atom is -0.378 e. The Bertz CT molecular complexity index is 1040. The van der Waals surface area contributed by atoms with Crippen LogP contribution in [0.3, 0.4) is 0 Å². The van der Waals surface area contributed by atoms with E-state index in [1.54, 1.807) is 41.3 Å². The number of rotatable bonds is 7. The van der Waals surface area contributed by atoms with Gasteiger partial charge < -0.3 is 15.0 Å². The van der Waals surface area contributed by atoms with Gasteiger partial charge in [-0.2, -0.15) is 0 Å². The van der Waals surface area contributed by atoms with Crippen molar-refractivity contribution in [1.29, 1.82) is 0 Å². The van der Waals surface area contributed by atoms with E-state index in [0.717, 1.165) is 16.1 Å². The Morgan fingerprint density at radius 3 is 2.16 bits per heavy atom. The molecule has 0 radical (unpaired) electrons. The molecule has 1 N–H and O–H groups in total. The Morgan fingerprint density at radius 1 is 1.03 bits per heavy atom. The molecule has 1 aliphatic rings. The Morgan fingerprint density at radius 2 is 1.62 bits per heavy atom. The van der Waals surface area contributed by atoms with Gasteiger partial charge in [-0.3, -0.25) is 13.9 Å². The molecule has 0 saturated carbocycles. The quantitative estimate of drug-likeness (QED) is 0.687. The van der Waals surface area contributed by atoms with E-state index in [2.05, 4.69) is 19.2 Å². The van der Waals surface area contributed by atoms with Crippen LogP contribution in [0.5, 0.6) is 0 Å². The molecule has 1 saturated heterocycles. The van der Waals surface area contributed by atoms with Crippen LogP contribution < -0.4 is 9.62 Å². The van der Waals surface area contributed by atoms with Crippen LogP contribution in [0.2, 0.25) is 0 Å². The fraction of sp³-hybridized carbons (Fsp3) is 0.391. The van der Waals surface area contributed by atoms with Gasteiger partial charge in [-0.05, 0) is 47.9 Å². The highest BCUT2D eigenvalue weighted by molar-refractivity contribution is 7.92. The minimum absolute atomic E-state index is 0.131. The summed E-state index contributed by atoms with van der Waals surface area (Å²) in [7, 11) is -3.72. The van der Waals surface area contributed by atoms with Gasteiger partial charge in [0.25, 0.3) is 5.91 Å². The SMILES string of the molecule is CC(C)c1ccc(NC(=O)CN(c2ccc(C(=O)N3CCOCC3)cc2)S(C)(=O)=O)cc1. The second kappa shape index (κ2) is 10.1. The third-order valence-corrected chi connectivity index (χ3v) is 6.39. The van der Waals surface area contributed by atoms with Gasteiger partial charge in [0.2, 0.25) is 15.9 Å². The number of sulfonamides is 1. The van der Waals surface area contributed by atoms with Crippen LogP contribution in [0, 0.1) is 0 Å². The van der Waals surface area contributed by atoms with Crippen molar-refractivity contribution in [2.45, 2.75) is 19.8 Å². The molecule has 32 heavy (non-hydrogen) atoms. The first-order valence-electron chi connectivity index (χ1n) is 10.5. The van der Waals surface area contributed by atoms with Crippen molar-refractivity contribution >= 4 is 33.2 Å². The molecule has 0 aliphatic carbocycles. The molecule has 1 aliphatic heterocycles. The molecule has 2 aromatic rings. The van der Waals surface area contributed by atoms with Crippen molar-refractivity contribution in [1.82, 2.24) is 4.90 Å². The van der Waals surface area contributed by atoms with E-state index in [1.807, 2.05) is 12.1 Å². The van der Waals surface area contributed by atoms with Crippen molar-refractivity contribution in [2.24, 2.45) is 0 Å². The largest absolute Gasteiger partial charge is 0.378 e. The van der Waals surface area contributed by atoms with E-state index in [0.29, 0.717) is 49.2 Å². The molecule has 0 bridgehead atoms. The number of morpholine rings is 1. The molecule has 8 nitrogen and oxygen atoms in total. The lowest BCUT2D eigenvalue weighted by Crippen LogP contribution is -2.40. The topological polar surface area (TPSA) is 96.0 Å². The maximum atomic E-state index is 12.6. The highest BCUT2D eigenvalue weighted by Gasteiger charge is 2.23. The number of carbonyl (C=O) groups is 2. The molecule has 2 aromatic carbocycles. The van der Waals surface area contributed by atoms with Gasteiger partial charge in [-0.15, -0.1) is 0 Å². The van der Waals surface area contributed by atoms with E-state index in [-0.39, 0.29) is 12.5 Å². The van der Waals surface area contributed by atoms with Crippen molar-refractivity contribution < 1.29 is 22.7 Å². The number of carbonyl (C=O) groups excluding carboxylic acids is 2. The molecule has 1 fully saturated rings. The maximum absolute atomic E-state index is 12.6. The number of amides is 2. The summed E-state index contributed by atoms with van der Waals surface area (Å²) >= 11 is 0. The molecule has 172 valence electrons. The number of ether oxygens (including phenoxy) is 1. The zero-order chi connectivity index (χ0) is 23.3. The normalized spacial score (nSPS) is 14.3. The fourth-order valence-corrected chi connectivity index (χ4v) is 4.26. The highest BCUT2D eigenvalue weighted by Crippen LogP contribution is 2.21. The molecule has 0 atom stereocenters. The number of anilines is 2. The molecule has 9 heteroatoms. The summed E-state index contributed by atoms with van der Waals surface area (Å²) in [6, 6.07) is 13.7. The Kier molecular flexibility index (Phi) is 7.52. The lowest BCUT2D eigenvalue weighted by atomic mass is 10.0. The summed E-state index contributed by atoms with van der Waals surface area (Å²) in [5.74, 6) is -0.215. The van der Waals surface area contributed by atoms with Gasteiger partial charge in [0, 0.05) is 24.3 Å². The van der Waals surface area contributed by atoms with Crippen LogP contribution in [0.15, 0.2) is 48.5 Å². The third kappa shape index (κ3) is 6.08. The van der Waals surface area contributed by atoms with Crippen molar-refractivity contribution in [3.8, 4) is 0 Å². The van der Waals surface area contributed by atoms with E-state index in [9.17, 15) is 18.0 Å². The van der Waals surface area contributed by atoms with E-state index in [1.165, 1.54) is 0 Å². The van der Waals surface area contributed by atoms with Crippen LogP contribution >= 0.6 is 0 Å². The first kappa shape index (κ1) is 23.7. The van der Waals surface area contributed by atoms with Gasteiger partial charge in [-0.25, -0.2) is 8.42 Å². The Labute approximate surface area is 189 Å². The zero-order valence-electron chi connectivity index (χ0n) is 18.6. The van der Waals surface area contributed by atoms with Crippen LogP contribution in [-0.4, -0.2) is 64.2 Å². The predicted molar refractivity (Wildman–Crippen MR) is 125 cm³/mol. The molecule has 3 rings (SSSR count). The van der Waals surface area contributed by atoms with E-state index in [4.69, 9.17) is 4.74 Å². The number of nitrogens with one attached hydrogen (secondary N) is 1. The average molecular weight is 460 g/mol. The lowest BCUT2D eigenvalue weighted by Gasteiger charge is -2.27. The van der Waals surface area contributed by atoms with Crippen LogP contribution in [0.1, 0.15) is 35.7 Å². The van der Waals surface area contributed by atoms with Gasteiger partial charge in [-0.1, -0.05) is 26.0 Å². The second-order valence-corrected chi connectivity index (χ2v) is 9.95. The van der Waals surface area contributed by atoms with E-state index >= 15 is 0 Å². The van der Waals surface area contributed by atoms with Crippen molar-refractivity contribution in [3.05, 3.63) is 59.7 Å². The van der Waals surface area contributed by atoms with Crippen LogP contribution in [0.25, 0.3) is 0 Å². The second-order valence-electron chi connectivity index (χ2n) is 8.05. The van der Waals surface area contributed by atoms with Gasteiger partial charge in [0.15, 0.2) is 0 Å². The highest BCUT2D eigenvalue weighted by atomic mass is 32.2. The standard InChI is InChI=1S/C23H29N3O5S/c1-17(2)18-4-8-20(9-5-18)24-22(27)16-26(32(3,29)30)21-10-6-19(7-11-21)23(28)25-12-14-31-15-13-25/h4-11,17H,12-16H2,1-3H3,(H,24,27). The smallest absolute Gasteiger partial charge is 0.254 e. The van der Waals surface area contributed by atoms with Gasteiger partial charge >= 0.3 is 0 Å². The fourth-order valence-electron chi connectivity index (χ4n) is 3.40. The van der Waals surface area contributed by atoms with Gasteiger partial charge in [0.05, 0.1) is 25.2 Å². The molecule has 0 spiro atoms. The zero-order valence-corrected chi connectivity index (χ0v) is 19.4. The molecule has 2 amide bonds. The predicted octanol–water partition coefficient (Wildman–Crippen LogP) is 2.69. The summed E-state index contributed by atoms with van der Waals surface area (Å²) in [4.78, 5) is 26.9. The van der Waals surface area contributed by atoms with E-state index < -0.39 is 15.9 Å². The number of nitrogens with zero attached hydrogens (tertiary/aromatic N) is 2. The molecular formula is C23H29N3O5S. The number of hydrogen-bond acceptors (Lipinski definition) is 5. The van der Waals surface area contributed by atoms with Crippen molar-refractivity contribution in [3.63, 3.8) is 0 Å². The third-order valence-electron chi connectivity index (χ3n) is 5.25. The first-order chi connectivity index (χ1) is 15.1. The molecule has 0 unspecified atom stereocenters. The number of benzene rings is 2. The Balaban J connectivity index is 1.70. The summed E-state index contributed by atoms with van der Waals surface area (Å²) in [5, 5.41) is 2.74. The average Bonchev–Trinajstić information content (AvgIpc) is 2.77. The molecule has 0 aromatic heterocycles. The maximum Gasteiger partial charge on any atom is 0.254 e. The monoisotopic (exact) mass is 459 g/mol. The summed E-state index contributed by atoms with van der Waals surface area (Å²) < 4.78 is 31.0. The molecule has 1 heterocycles. The minimum atomic E-state index is -3.72. The van der Waals surface area contributed by atoms with Gasteiger partial charge in [0.1, 0.15) is 6.54 Å². The van der Waals surface area contributed by atoms with Crippen molar-refractivity contribution in [2.75, 3.05) is 48.7 Å². The summed E-state index contributed by atoms with van der Waals surface area (Å²) in [5.41, 5.74) is 2.52. The molecular weight excluding hydrogens is 430 g/mol.